The standard InChI is InChI=1S/C15H29N3O/c1-16-15-12-19-11-13(15)9-17-8-5-14(10-17)18-6-3-2-4-7-18/h13-16H,2-12H2,1H3. The fourth-order valence-electron chi connectivity index (χ4n) is 3.99. The average Bonchev–Trinajstić information content (AvgIpc) is 3.09. The summed E-state index contributed by atoms with van der Waals surface area (Å²) in [6.45, 7) is 8.30. The summed E-state index contributed by atoms with van der Waals surface area (Å²) in [6.07, 6.45) is 5.64. The lowest BCUT2D eigenvalue weighted by Gasteiger charge is -2.32. The molecule has 1 N–H and O–H groups in total. The summed E-state index contributed by atoms with van der Waals surface area (Å²) >= 11 is 0. The van der Waals surface area contributed by atoms with Gasteiger partial charge in [-0.2, -0.15) is 0 Å². The van der Waals surface area contributed by atoms with Crippen LogP contribution in [0.5, 0.6) is 0 Å². The van der Waals surface area contributed by atoms with Crippen molar-refractivity contribution in [2.24, 2.45) is 5.92 Å². The first-order chi connectivity index (χ1) is 9.36. The Hall–Kier alpha value is -0.160. The molecule has 3 aliphatic rings. The minimum atomic E-state index is 0.564. The van der Waals surface area contributed by atoms with Crippen LogP contribution in [0.4, 0.5) is 0 Å². The normalized spacial score (nSPS) is 38.1. The van der Waals surface area contributed by atoms with Gasteiger partial charge in [-0.15, -0.1) is 0 Å². The van der Waals surface area contributed by atoms with Crippen molar-refractivity contribution in [3.05, 3.63) is 0 Å². The van der Waals surface area contributed by atoms with E-state index in [0.717, 1.165) is 19.3 Å². The number of hydrogen-bond donors (Lipinski definition) is 1. The lowest BCUT2D eigenvalue weighted by atomic mass is 10.0. The molecule has 0 aromatic carbocycles. The molecule has 0 aromatic rings. The Bertz CT molecular complexity index is 281. The number of nitrogens with one attached hydrogen (secondary N) is 1. The van der Waals surface area contributed by atoms with Crippen molar-refractivity contribution in [3.8, 4) is 0 Å². The Kier molecular flexibility index (Phi) is 4.74. The van der Waals surface area contributed by atoms with Crippen LogP contribution in [-0.4, -0.2) is 74.9 Å². The Balaban J connectivity index is 1.46. The van der Waals surface area contributed by atoms with Gasteiger partial charge in [-0.05, 0) is 45.9 Å². The third-order valence-corrected chi connectivity index (χ3v) is 5.22. The highest BCUT2D eigenvalue weighted by molar-refractivity contribution is 4.89. The number of ether oxygens (including phenoxy) is 1. The van der Waals surface area contributed by atoms with Gasteiger partial charge in [0.2, 0.25) is 0 Å². The molecular formula is C15H29N3O. The molecule has 3 unspecified atom stereocenters. The molecule has 3 aliphatic heterocycles. The fraction of sp³-hybridized carbons (Fsp3) is 1.00. The van der Waals surface area contributed by atoms with Gasteiger partial charge in [0.1, 0.15) is 0 Å². The van der Waals surface area contributed by atoms with Gasteiger partial charge in [0.05, 0.1) is 13.2 Å². The third-order valence-electron chi connectivity index (χ3n) is 5.22. The summed E-state index contributed by atoms with van der Waals surface area (Å²) in [4.78, 5) is 5.41. The molecule has 0 aliphatic carbocycles. The second kappa shape index (κ2) is 6.53. The topological polar surface area (TPSA) is 27.7 Å². The van der Waals surface area contributed by atoms with E-state index < -0.39 is 0 Å². The Morgan fingerprint density at radius 3 is 2.74 bits per heavy atom. The number of likely N-dealkylation sites (N-methyl/N-ethyl adjacent to an activating group) is 1. The lowest BCUT2D eigenvalue weighted by molar-refractivity contribution is 0.151. The second-order valence-electron chi connectivity index (χ2n) is 6.49. The number of rotatable bonds is 4. The van der Waals surface area contributed by atoms with Crippen molar-refractivity contribution in [1.29, 1.82) is 0 Å². The van der Waals surface area contributed by atoms with Crippen LogP contribution in [0.3, 0.4) is 0 Å². The molecule has 3 atom stereocenters. The molecular weight excluding hydrogens is 238 g/mol. The minimum Gasteiger partial charge on any atom is -0.379 e. The highest BCUT2D eigenvalue weighted by Crippen LogP contribution is 2.23. The van der Waals surface area contributed by atoms with Gasteiger partial charge in [0.15, 0.2) is 0 Å². The van der Waals surface area contributed by atoms with E-state index in [1.807, 2.05) is 0 Å². The highest BCUT2D eigenvalue weighted by Gasteiger charge is 2.33. The van der Waals surface area contributed by atoms with E-state index in [1.54, 1.807) is 0 Å². The quantitative estimate of drug-likeness (QED) is 0.815. The van der Waals surface area contributed by atoms with Gasteiger partial charge in [-0.25, -0.2) is 0 Å². The zero-order valence-corrected chi connectivity index (χ0v) is 12.3. The number of nitrogens with zero attached hydrogens (tertiary/aromatic N) is 2. The molecule has 0 aromatic heterocycles. The van der Waals surface area contributed by atoms with Crippen molar-refractivity contribution >= 4 is 0 Å². The van der Waals surface area contributed by atoms with Crippen molar-refractivity contribution < 1.29 is 4.74 Å². The summed E-state index contributed by atoms with van der Waals surface area (Å²) in [5, 5.41) is 3.40. The Labute approximate surface area is 117 Å². The maximum atomic E-state index is 5.61. The van der Waals surface area contributed by atoms with Crippen LogP contribution in [0.25, 0.3) is 0 Å². The van der Waals surface area contributed by atoms with Crippen LogP contribution in [0.2, 0.25) is 0 Å². The van der Waals surface area contributed by atoms with Gasteiger partial charge in [0, 0.05) is 31.1 Å². The molecule has 0 amide bonds. The van der Waals surface area contributed by atoms with Crippen molar-refractivity contribution in [2.75, 3.05) is 53.0 Å². The number of hydrogen-bond acceptors (Lipinski definition) is 4. The average molecular weight is 267 g/mol. The summed E-state index contributed by atoms with van der Waals surface area (Å²) in [5.41, 5.74) is 0. The summed E-state index contributed by atoms with van der Waals surface area (Å²) < 4.78 is 5.61. The first-order valence-corrected chi connectivity index (χ1v) is 8.08. The molecule has 0 spiro atoms. The van der Waals surface area contributed by atoms with Crippen LogP contribution in [0.1, 0.15) is 25.7 Å². The van der Waals surface area contributed by atoms with E-state index in [0.29, 0.717) is 12.0 Å². The second-order valence-corrected chi connectivity index (χ2v) is 6.49. The van der Waals surface area contributed by atoms with Crippen molar-refractivity contribution in [2.45, 2.75) is 37.8 Å². The molecule has 4 nitrogen and oxygen atoms in total. The van der Waals surface area contributed by atoms with Crippen LogP contribution >= 0.6 is 0 Å². The van der Waals surface area contributed by atoms with E-state index >= 15 is 0 Å². The van der Waals surface area contributed by atoms with Crippen LogP contribution in [0, 0.1) is 5.92 Å². The zero-order valence-electron chi connectivity index (χ0n) is 12.3. The maximum absolute atomic E-state index is 5.61. The Morgan fingerprint density at radius 2 is 1.95 bits per heavy atom. The van der Waals surface area contributed by atoms with Crippen LogP contribution in [0.15, 0.2) is 0 Å². The third kappa shape index (κ3) is 3.30. The van der Waals surface area contributed by atoms with E-state index in [1.165, 1.54) is 58.4 Å². The van der Waals surface area contributed by atoms with Crippen molar-refractivity contribution in [3.63, 3.8) is 0 Å². The molecule has 0 saturated carbocycles. The van der Waals surface area contributed by atoms with Gasteiger partial charge in [-0.3, -0.25) is 4.90 Å². The van der Waals surface area contributed by atoms with E-state index in [9.17, 15) is 0 Å². The predicted octanol–water partition coefficient (Wildman–Crippen LogP) is 0.781. The molecule has 0 radical (unpaired) electrons. The van der Waals surface area contributed by atoms with E-state index in [4.69, 9.17) is 4.74 Å². The van der Waals surface area contributed by atoms with Gasteiger partial charge >= 0.3 is 0 Å². The number of piperidine rings is 1. The lowest BCUT2D eigenvalue weighted by Crippen LogP contribution is -2.43. The van der Waals surface area contributed by atoms with Crippen LogP contribution < -0.4 is 5.32 Å². The summed E-state index contributed by atoms with van der Waals surface area (Å²) in [6, 6.07) is 1.39. The fourth-order valence-corrected chi connectivity index (χ4v) is 3.99. The Morgan fingerprint density at radius 1 is 1.11 bits per heavy atom. The first-order valence-electron chi connectivity index (χ1n) is 8.08. The van der Waals surface area contributed by atoms with Crippen LogP contribution in [-0.2, 0) is 4.74 Å². The zero-order chi connectivity index (χ0) is 13.1. The summed E-state index contributed by atoms with van der Waals surface area (Å²) in [5.74, 6) is 0.685. The smallest absolute Gasteiger partial charge is 0.0623 e. The first kappa shape index (κ1) is 13.8. The largest absolute Gasteiger partial charge is 0.379 e. The molecule has 3 rings (SSSR count). The molecule has 19 heavy (non-hydrogen) atoms. The summed E-state index contributed by atoms with van der Waals surface area (Å²) in [7, 11) is 2.06. The molecule has 3 saturated heterocycles. The molecule has 0 bridgehead atoms. The van der Waals surface area contributed by atoms with E-state index in [2.05, 4.69) is 22.2 Å². The molecule has 110 valence electrons. The van der Waals surface area contributed by atoms with E-state index in [-0.39, 0.29) is 0 Å². The monoisotopic (exact) mass is 267 g/mol. The molecule has 3 fully saturated rings. The van der Waals surface area contributed by atoms with Crippen molar-refractivity contribution in [1.82, 2.24) is 15.1 Å². The maximum Gasteiger partial charge on any atom is 0.0623 e. The number of likely N-dealkylation sites (tertiary alicyclic amines) is 2. The molecule has 3 heterocycles. The van der Waals surface area contributed by atoms with Gasteiger partial charge in [0.25, 0.3) is 0 Å². The van der Waals surface area contributed by atoms with Gasteiger partial charge in [-0.1, -0.05) is 6.42 Å². The highest BCUT2D eigenvalue weighted by atomic mass is 16.5. The minimum absolute atomic E-state index is 0.564. The molecule has 4 heteroatoms. The van der Waals surface area contributed by atoms with Gasteiger partial charge < -0.3 is 15.0 Å². The SMILES string of the molecule is CNC1COCC1CN1CCC(N2CCCCC2)C1. The predicted molar refractivity (Wildman–Crippen MR) is 77.4 cm³/mol.